The minimum atomic E-state index is -0.910. The van der Waals surface area contributed by atoms with Crippen LogP contribution in [0.4, 0.5) is 0 Å². The quantitative estimate of drug-likeness (QED) is 0.804. The molecule has 0 unspecified atom stereocenters. The van der Waals surface area contributed by atoms with Crippen molar-refractivity contribution in [2.24, 2.45) is 18.9 Å². The molecule has 1 aromatic rings. The van der Waals surface area contributed by atoms with E-state index in [0.717, 1.165) is 11.3 Å². The Morgan fingerprint density at radius 1 is 1.40 bits per heavy atom. The number of carboxylic acid groups (broad SMARTS) is 1. The van der Waals surface area contributed by atoms with Crippen molar-refractivity contribution < 1.29 is 14.7 Å². The fraction of sp³-hybridized carbons (Fsp3) is 0.500. The number of hydrogen-bond acceptors (Lipinski definition) is 3. The molecule has 0 saturated heterocycles. The Morgan fingerprint density at radius 3 is 2.60 bits per heavy atom. The molecule has 0 aromatic carbocycles. The summed E-state index contributed by atoms with van der Waals surface area (Å²) >= 11 is 0. The van der Waals surface area contributed by atoms with E-state index < -0.39 is 17.8 Å². The zero-order valence-electron chi connectivity index (χ0n) is 11.7. The van der Waals surface area contributed by atoms with E-state index in [1.165, 1.54) is 0 Å². The summed E-state index contributed by atoms with van der Waals surface area (Å²) in [6.45, 7) is 2.31. The number of nitrogens with zero attached hydrogens (tertiary/aromatic N) is 2. The predicted octanol–water partition coefficient (Wildman–Crippen LogP) is 1.01. The predicted molar refractivity (Wildman–Crippen MR) is 72.8 cm³/mol. The Morgan fingerprint density at radius 2 is 2.05 bits per heavy atom. The molecule has 0 bridgehead atoms. The van der Waals surface area contributed by atoms with Gasteiger partial charge in [0.15, 0.2) is 0 Å². The summed E-state index contributed by atoms with van der Waals surface area (Å²) in [5.41, 5.74) is 1.93. The number of rotatable bonds is 4. The van der Waals surface area contributed by atoms with Crippen LogP contribution in [0.2, 0.25) is 0 Å². The second kappa shape index (κ2) is 5.90. The van der Waals surface area contributed by atoms with E-state index in [1.54, 1.807) is 10.9 Å². The van der Waals surface area contributed by atoms with E-state index >= 15 is 0 Å². The molecule has 0 fully saturated rings. The molecule has 20 heavy (non-hydrogen) atoms. The van der Waals surface area contributed by atoms with Gasteiger partial charge in [-0.1, -0.05) is 12.2 Å². The molecule has 0 aliphatic heterocycles. The molecule has 2 rings (SSSR count). The molecular formula is C14H19N3O3. The average molecular weight is 277 g/mol. The summed E-state index contributed by atoms with van der Waals surface area (Å²) < 4.78 is 1.74. The van der Waals surface area contributed by atoms with Crippen LogP contribution in [0.25, 0.3) is 0 Å². The van der Waals surface area contributed by atoms with Crippen LogP contribution in [-0.4, -0.2) is 26.8 Å². The van der Waals surface area contributed by atoms with Gasteiger partial charge in [0.25, 0.3) is 0 Å². The van der Waals surface area contributed by atoms with Crippen molar-refractivity contribution in [2.75, 3.05) is 0 Å². The molecule has 0 spiro atoms. The Labute approximate surface area is 117 Å². The second-order valence-electron chi connectivity index (χ2n) is 5.09. The standard InChI is InChI=1S/C14H19N3O3/c1-9-10(8-16-17(9)2)7-15-13(18)11-5-3-4-6-12(11)14(19)20/h3-4,8,11-12H,5-7H2,1-2H3,(H,15,18)(H,19,20)/t11-,12+/m1/s1. The summed E-state index contributed by atoms with van der Waals surface area (Å²) in [6, 6.07) is 0. The average Bonchev–Trinajstić information content (AvgIpc) is 2.76. The highest BCUT2D eigenvalue weighted by molar-refractivity contribution is 5.85. The van der Waals surface area contributed by atoms with Crippen molar-refractivity contribution >= 4 is 11.9 Å². The van der Waals surface area contributed by atoms with Gasteiger partial charge in [0, 0.05) is 24.8 Å². The van der Waals surface area contributed by atoms with E-state index in [9.17, 15) is 9.59 Å². The number of aryl methyl sites for hydroxylation is 1. The lowest BCUT2D eigenvalue weighted by molar-refractivity contribution is -0.147. The maximum absolute atomic E-state index is 12.2. The normalized spacial score (nSPS) is 21.7. The maximum Gasteiger partial charge on any atom is 0.307 e. The Bertz CT molecular complexity index is 548. The molecule has 6 nitrogen and oxygen atoms in total. The van der Waals surface area contributed by atoms with Crippen LogP contribution < -0.4 is 5.32 Å². The van der Waals surface area contributed by atoms with Crippen LogP contribution in [0.1, 0.15) is 24.1 Å². The number of allylic oxidation sites excluding steroid dienone is 2. The van der Waals surface area contributed by atoms with Crippen LogP contribution >= 0.6 is 0 Å². The summed E-state index contributed by atoms with van der Waals surface area (Å²) in [5, 5.41) is 16.1. The van der Waals surface area contributed by atoms with Crippen LogP contribution in [0.5, 0.6) is 0 Å². The summed E-state index contributed by atoms with van der Waals surface area (Å²) in [6.07, 6.45) is 6.31. The van der Waals surface area contributed by atoms with Crippen LogP contribution in [0.3, 0.4) is 0 Å². The van der Waals surface area contributed by atoms with E-state index in [-0.39, 0.29) is 5.91 Å². The van der Waals surface area contributed by atoms with Gasteiger partial charge in [0.1, 0.15) is 0 Å². The highest BCUT2D eigenvalue weighted by atomic mass is 16.4. The van der Waals surface area contributed by atoms with Crippen LogP contribution in [0, 0.1) is 18.8 Å². The smallest absolute Gasteiger partial charge is 0.307 e. The molecule has 1 aromatic heterocycles. The number of nitrogens with one attached hydrogen (secondary N) is 1. The van der Waals surface area contributed by atoms with E-state index in [2.05, 4.69) is 10.4 Å². The first-order chi connectivity index (χ1) is 9.50. The van der Waals surface area contributed by atoms with Gasteiger partial charge >= 0.3 is 5.97 Å². The SMILES string of the molecule is Cc1c(CNC(=O)[C@@H]2CC=CC[C@@H]2C(=O)O)cnn1C. The fourth-order valence-electron chi connectivity index (χ4n) is 2.41. The van der Waals surface area contributed by atoms with E-state index in [0.29, 0.717) is 19.4 Å². The lowest BCUT2D eigenvalue weighted by Gasteiger charge is -2.24. The third kappa shape index (κ3) is 2.89. The number of amides is 1. The molecule has 0 saturated carbocycles. The number of aromatic nitrogens is 2. The van der Waals surface area contributed by atoms with Crippen molar-refractivity contribution in [2.45, 2.75) is 26.3 Å². The van der Waals surface area contributed by atoms with Gasteiger partial charge in [-0.3, -0.25) is 14.3 Å². The minimum absolute atomic E-state index is 0.204. The third-order valence-electron chi connectivity index (χ3n) is 3.88. The van der Waals surface area contributed by atoms with Crippen LogP contribution in [0.15, 0.2) is 18.3 Å². The van der Waals surface area contributed by atoms with Gasteiger partial charge in [-0.05, 0) is 19.8 Å². The van der Waals surface area contributed by atoms with Gasteiger partial charge < -0.3 is 10.4 Å². The monoisotopic (exact) mass is 277 g/mol. The zero-order valence-corrected chi connectivity index (χ0v) is 11.7. The zero-order chi connectivity index (χ0) is 14.7. The van der Waals surface area contributed by atoms with Crippen molar-refractivity contribution in [3.63, 3.8) is 0 Å². The number of carboxylic acids is 1. The van der Waals surface area contributed by atoms with E-state index in [4.69, 9.17) is 5.11 Å². The second-order valence-corrected chi connectivity index (χ2v) is 5.09. The fourth-order valence-corrected chi connectivity index (χ4v) is 2.41. The van der Waals surface area contributed by atoms with Gasteiger partial charge in [-0.15, -0.1) is 0 Å². The van der Waals surface area contributed by atoms with Crippen molar-refractivity contribution in [1.29, 1.82) is 0 Å². The Kier molecular flexibility index (Phi) is 4.22. The summed E-state index contributed by atoms with van der Waals surface area (Å²) in [4.78, 5) is 23.3. The maximum atomic E-state index is 12.2. The van der Waals surface area contributed by atoms with Gasteiger partial charge in [-0.25, -0.2) is 0 Å². The number of carbonyl (C=O) groups excluding carboxylic acids is 1. The number of aliphatic carboxylic acids is 1. The summed E-state index contributed by atoms with van der Waals surface area (Å²) in [5.74, 6) is -2.23. The van der Waals surface area contributed by atoms with Crippen molar-refractivity contribution in [1.82, 2.24) is 15.1 Å². The molecule has 1 heterocycles. The lowest BCUT2D eigenvalue weighted by Crippen LogP contribution is -2.38. The molecule has 1 aliphatic carbocycles. The third-order valence-corrected chi connectivity index (χ3v) is 3.88. The van der Waals surface area contributed by atoms with E-state index in [1.807, 2.05) is 26.1 Å². The molecule has 1 amide bonds. The van der Waals surface area contributed by atoms with Crippen LogP contribution in [-0.2, 0) is 23.2 Å². The first-order valence-electron chi connectivity index (χ1n) is 6.63. The molecule has 0 radical (unpaired) electrons. The van der Waals surface area contributed by atoms with Gasteiger partial charge in [-0.2, -0.15) is 5.10 Å². The minimum Gasteiger partial charge on any atom is -0.481 e. The highest BCUT2D eigenvalue weighted by Gasteiger charge is 2.33. The molecule has 6 heteroatoms. The van der Waals surface area contributed by atoms with Crippen molar-refractivity contribution in [3.8, 4) is 0 Å². The number of carbonyl (C=O) groups is 2. The summed E-state index contributed by atoms with van der Waals surface area (Å²) in [7, 11) is 1.84. The topological polar surface area (TPSA) is 84.2 Å². The molecule has 2 atom stereocenters. The molecule has 2 N–H and O–H groups in total. The van der Waals surface area contributed by atoms with Gasteiger partial charge in [0.2, 0.25) is 5.91 Å². The Hall–Kier alpha value is -2.11. The largest absolute Gasteiger partial charge is 0.481 e. The Balaban J connectivity index is 1.99. The van der Waals surface area contributed by atoms with Crippen molar-refractivity contribution in [3.05, 3.63) is 29.6 Å². The highest BCUT2D eigenvalue weighted by Crippen LogP contribution is 2.26. The molecule has 108 valence electrons. The first-order valence-corrected chi connectivity index (χ1v) is 6.63. The lowest BCUT2D eigenvalue weighted by atomic mass is 9.82. The number of hydrogen-bond donors (Lipinski definition) is 2. The van der Waals surface area contributed by atoms with Gasteiger partial charge in [0.05, 0.1) is 18.0 Å². The molecular weight excluding hydrogens is 258 g/mol. The first kappa shape index (κ1) is 14.3. The molecule has 1 aliphatic rings.